The molecule has 2 unspecified atom stereocenters. The Balaban J connectivity index is 2.24. The van der Waals surface area contributed by atoms with Crippen molar-refractivity contribution in [1.82, 2.24) is 4.90 Å². The van der Waals surface area contributed by atoms with E-state index in [-0.39, 0.29) is 22.0 Å². The molecule has 3 nitrogen and oxygen atoms in total. The third-order valence-corrected chi connectivity index (χ3v) is 6.29. The fourth-order valence-corrected chi connectivity index (χ4v) is 4.71. The molecule has 1 aliphatic carbocycles. The highest BCUT2D eigenvalue weighted by molar-refractivity contribution is 5.09. The van der Waals surface area contributed by atoms with Crippen molar-refractivity contribution in [3.8, 4) is 0 Å². The van der Waals surface area contributed by atoms with Crippen molar-refractivity contribution in [2.24, 2.45) is 10.8 Å². The van der Waals surface area contributed by atoms with Gasteiger partial charge in [0.05, 0.1) is 12.2 Å². The van der Waals surface area contributed by atoms with Gasteiger partial charge in [-0.25, -0.2) is 0 Å². The minimum atomic E-state index is -0.0778. The normalized spacial score (nSPS) is 33.5. The van der Waals surface area contributed by atoms with Gasteiger partial charge >= 0.3 is 0 Å². The van der Waals surface area contributed by atoms with Crippen LogP contribution in [0, 0.1) is 10.8 Å². The number of hydrogen-bond acceptors (Lipinski definition) is 3. The summed E-state index contributed by atoms with van der Waals surface area (Å²) in [5.74, 6) is 0. The lowest BCUT2D eigenvalue weighted by Gasteiger charge is -2.44. The zero-order chi connectivity index (χ0) is 17.4. The summed E-state index contributed by atoms with van der Waals surface area (Å²) < 4.78 is 6.09. The lowest BCUT2D eigenvalue weighted by Crippen LogP contribution is -2.44. The van der Waals surface area contributed by atoms with E-state index in [0.717, 1.165) is 26.1 Å². The van der Waals surface area contributed by atoms with Gasteiger partial charge in [-0.15, -0.1) is 0 Å². The summed E-state index contributed by atoms with van der Waals surface area (Å²) >= 11 is 0. The van der Waals surface area contributed by atoms with Crippen molar-refractivity contribution in [3.63, 3.8) is 0 Å². The fourth-order valence-electron chi connectivity index (χ4n) is 4.71. The minimum Gasteiger partial charge on any atom is -0.396 e. The third-order valence-electron chi connectivity index (χ3n) is 6.29. The number of aliphatic hydroxyl groups excluding tert-OH is 1. The first-order valence-corrected chi connectivity index (χ1v) is 9.54. The van der Waals surface area contributed by atoms with Gasteiger partial charge in [0, 0.05) is 30.7 Å². The van der Waals surface area contributed by atoms with Gasteiger partial charge in [0.1, 0.15) is 0 Å². The van der Waals surface area contributed by atoms with Gasteiger partial charge in [-0.2, -0.15) is 0 Å². The molecule has 3 heteroatoms. The van der Waals surface area contributed by atoms with Crippen molar-refractivity contribution < 1.29 is 9.84 Å². The van der Waals surface area contributed by atoms with Gasteiger partial charge in [0.25, 0.3) is 0 Å². The molecular weight excluding hydrogens is 286 g/mol. The van der Waals surface area contributed by atoms with Crippen molar-refractivity contribution >= 4 is 0 Å². The summed E-state index contributed by atoms with van der Waals surface area (Å²) in [5, 5.41) is 10.4. The van der Waals surface area contributed by atoms with Gasteiger partial charge in [-0.05, 0) is 66.2 Å². The van der Waals surface area contributed by atoms with Crippen LogP contribution in [0.15, 0.2) is 0 Å². The minimum absolute atomic E-state index is 0.0675. The lowest BCUT2D eigenvalue weighted by atomic mass is 9.61. The van der Waals surface area contributed by atoms with Crippen LogP contribution < -0.4 is 0 Å². The summed E-state index contributed by atoms with van der Waals surface area (Å²) in [5.41, 5.74) is 0.382. The summed E-state index contributed by atoms with van der Waals surface area (Å²) in [6, 6.07) is 0. The predicted octanol–water partition coefficient (Wildman–Crippen LogP) is 4.23. The van der Waals surface area contributed by atoms with Crippen LogP contribution in [0.2, 0.25) is 0 Å². The Kier molecular flexibility index (Phi) is 5.55. The van der Waals surface area contributed by atoms with E-state index in [9.17, 15) is 5.11 Å². The average Bonchev–Trinajstić information content (AvgIpc) is 2.63. The van der Waals surface area contributed by atoms with Crippen LogP contribution in [-0.2, 0) is 4.74 Å². The zero-order valence-electron chi connectivity index (χ0n) is 16.4. The Morgan fingerprint density at radius 2 is 1.48 bits per heavy atom. The van der Waals surface area contributed by atoms with Gasteiger partial charge in [-0.1, -0.05) is 19.3 Å². The maximum absolute atomic E-state index is 10.4. The molecule has 1 N–H and O–H groups in total. The maximum Gasteiger partial charge on any atom is 0.0598 e. The quantitative estimate of drug-likeness (QED) is 0.839. The molecule has 1 saturated carbocycles. The fraction of sp³-hybridized carbons (Fsp3) is 1.00. The third kappa shape index (κ3) is 4.11. The van der Waals surface area contributed by atoms with Crippen molar-refractivity contribution in [1.29, 1.82) is 0 Å². The Morgan fingerprint density at radius 3 is 2.00 bits per heavy atom. The molecular formula is C20H39NO2. The highest BCUT2D eigenvalue weighted by atomic mass is 16.5. The first-order chi connectivity index (χ1) is 10.5. The predicted molar refractivity (Wildman–Crippen MR) is 96.7 cm³/mol. The first-order valence-electron chi connectivity index (χ1n) is 9.54. The van der Waals surface area contributed by atoms with E-state index < -0.39 is 0 Å². The molecule has 0 spiro atoms. The van der Waals surface area contributed by atoms with E-state index in [1.54, 1.807) is 0 Å². The average molecular weight is 326 g/mol. The second kappa shape index (κ2) is 6.65. The standard InChI is InChI=1S/C20H39NO2/c1-17(2,3)21-14-19(12-13-23-18(4,5)6)10-8-7-9-11-20(19,15-21)16-22/h22H,7-16H2,1-6H3. The molecule has 0 aromatic heterocycles. The smallest absolute Gasteiger partial charge is 0.0598 e. The van der Waals surface area contributed by atoms with Crippen LogP contribution in [0.4, 0.5) is 0 Å². The van der Waals surface area contributed by atoms with Crippen molar-refractivity contribution in [3.05, 3.63) is 0 Å². The van der Waals surface area contributed by atoms with E-state index in [2.05, 4.69) is 46.4 Å². The Hall–Kier alpha value is -0.120. The van der Waals surface area contributed by atoms with Gasteiger partial charge in [0.2, 0.25) is 0 Å². The molecule has 136 valence electrons. The summed E-state index contributed by atoms with van der Waals surface area (Å²) in [7, 11) is 0. The van der Waals surface area contributed by atoms with Crippen molar-refractivity contribution in [2.45, 2.75) is 91.2 Å². The number of likely N-dealkylation sites (tertiary alicyclic amines) is 1. The molecule has 0 amide bonds. The summed E-state index contributed by atoms with van der Waals surface area (Å²) in [6.07, 6.45) is 7.38. The molecule has 2 rings (SSSR count). The summed E-state index contributed by atoms with van der Waals surface area (Å²) in [4.78, 5) is 2.62. The van der Waals surface area contributed by atoms with Gasteiger partial charge in [-0.3, -0.25) is 4.90 Å². The largest absolute Gasteiger partial charge is 0.396 e. The number of rotatable bonds is 4. The molecule has 0 aromatic carbocycles. The van der Waals surface area contributed by atoms with Crippen LogP contribution >= 0.6 is 0 Å². The second-order valence-corrected chi connectivity index (χ2v) is 10.0. The molecule has 1 heterocycles. The Bertz CT molecular complexity index is 395. The number of fused-ring (bicyclic) bond motifs is 1. The van der Waals surface area contributed by atoms with Crippen LogP contribution in [-0.4, -0.2) is 47.4 Å². The van der Waals surface area contributed by atoms with Crippen LogP contribution in [0.25, 0.3) is 0 Å². The van der Waals surface area contributed by atoms with E-state index >= 15 is 0 Å². The molecule has 23 heavy (non-hydrogen) atoms. The molecule has 2 aliphatic rings. The molecule has 2 fully saturated rings. The molecule has 1 saturated heterocycles. The zero-order valence-corrected chi connectivity index (χ0v) is 16.4. The van der Waals surface area contributed by atoms with Crippen LogP contribution in [0.5, 0.6) is 0 Å². The molecule has 0 aromatic rings. The van der Waals surface area contributed by atoms with Gasteiger partial charge in [0.15, 0.2) is 0 Å². The van der Waals surface area contributed by atoms with E-state index in [1.807, 2.05) is 0 Å². The molecule has 1 aliphatic heterocycles. The Morgan fingerprint density at radius 1 is 0.913 bits per heavy atom. The second-order valence-electron chi connectivity index (χ2n) is 10.0. The first kappa shape index (κ1) is 19.2. The van der Waals surface area contributed by atoms with Gasteiger partial charge < -0.3 is 9.84 Å². The Labute approximate surface area is 143 Å². The topological polar surface area (TPSA) is 32.7 Å². The number of hydrogen-bond donors (Lipinski definition) is 1. The highest BCUT2D eigenvalue weighted by Crippen LogP contribution is 2.57. The van der Waals surface area contributed by atoms with Crippen LogP contribution in [0.1, 0.15) is 80.1 Å². The maximum atomic E-state index is 10.4. The lowest BCUT2D eigenvalue weighted by molar-refractivity contribution is -0.0493. The number of nitrogens with zero attached hydrogens (tertiary/aromatic N) is 1. The molecule has 0 bridgehead atoms. The van der Waals surface area contributed by atoms with E-state index in [0.29, 0.717) is 6.61 Å². The number of ether oxygens (including phenoxy) is 1. The molecule has 2 atom stereocenters. The summed E-state index contributed by atoms with van der Waals surface area (Å²) in [6.45, 7) is 16.6. The van der Waals surface area contributed by atoms with Crippen LogP contribution in [0.3, 0.4) is 0 Å². The number of aliphatic hydroxyl groups is 1. The van der Waals surface area contributed by atoms with E-state index in [1.165, 1.54) is 32.1 Å². The monoisotopic (exact) mass is 325 g/mol. The highest BCUT2D eigenvalue weighted by Gasteiger charge is 2.58. The van der Waals surface area contributed by atoms with Crippen molar-refractivity contribution in [2.75, 3.05) is 26.3 Å². The van der Waals surface area contributed by atoms with E-state index in [4.69, 9.17) is 4.74 Å². The molecule has 0 radical (unpaired) electrons. The SMILES string of the molecule is CC(C)(C)OCCC12CCCCCC1(CO)CN(C(C)(C)C)C2.